The summed E-state index contributed by atoms with van der Waals surface area (Å²) in [5.74, 6) is 2.98. The molecule has 0 aliphatic carbocycles. The summed E-state index contributed by atoms with van der Waals surface area (Å²) >= 11 is 0. The van der Waals surface area contributed by atoms with E-state index in [1.807, 2.05) is 0 Å². The van der Waals surface area contributed by atoms with E-state index >= 15 is 0 Å². The Morgan fingerprint density at radius 1 is 1.38 bits per heavy atom. The van der Waals surface area contributed by atoms with Gasteiger partial charge in [0, 0.05) is 0 Å². The van der Waals surface area contributed by atoms with Gasteiger partial charge in [0.2, 0.25) is 0 Å². The maximum atomic E-state index is 8.56. The Hall–Kier alpha value is -0.303. The smallest absolute Gasteiger partial charge is 0.152 e. The van der Waals surface area contributed by atoms with E-state index in [2.05, 4.69) is 42.9 Å². The first-order valence-electron chi connectivity index (χ1n) is 4.82. The Morgan fingerprint density at radius 2 is 2.00 bits per heavy atom. The minimum Gasteiger partial charge on any atom is -0.251 e. The Kier molecular flexibility index (Phi) is 6.05. The standard InChI is InChI=1S/C10H20O2Si/c1-5-6-7-10(12-11)8-9-13(2,3)4/h10-11H,5-7H2,1-4H3. The van der Waals surface area contributed by atoms with Crippen LogP contribution in [0.5, 0.6) is 0 Å². The van der Waals surface area contributed by atoms with Gasteiger partial charge < -0.3 is 0 Å². The number of hydrogen-bond acceptors (Lipinski definition) is 2. The molecule has 0 aliphatic heterocycles. The SMILES string of the molecule is CCCCC(C#C[Si](C)(C)C)OO. The van der Waals surface area contributed by atoms with E-state index in [0.29, 0.717) is 0 Å². The van der Waals surface area contributed by atoms with Gasteiger partial charge >= 0.3 is 0 Å². The first-order chi connectivity index (χ1) is 5.99. The lowest BCUT2D eigenvalue weighted by molar-refractivity contribution is -0.264. The molecule has 0 rings (SSSR count). The minimum atomic E-state index is -1.33. The summed E-state index contributed by atoms with van der Waals surface area (Å²) in [6, 6.07) is 0. The van der Waals surface area contributed by atoms with Gasteiger partial charge in [0.1, 0.15) is 8.07 Å². The third-order valence-corrected chi connectivity index (χ3v) is 2.45. The van der Waals surface area contributed by atoms with Crippen molar-refractivity contribution in [3.63, 3.8) is 0 Å². The van der Waals surface area contributed by atoms with Gasteiger partial charge in [-0.05, 0) is 6.42 Å². The quantitative estimate of drug-likeness (QED) is 0.327. The topological polar surface area (TPSA) is 29.5 Å². The van der Waals surface area contributed by atoms with E-state index in [-0.39, 0.29) is 6.10 Å². The first-order valence-corrected chi connectivity index (χ1v) is 8.32. The fraction of sp³-hybridized carbons (Fsp3) is 0.800. The Labute approximate surface area is 82.2 Å². The molecule has 13 heavy (non-hydrogen) atoms. The average molecular weight is 200 g/mol. The third-order valence-electron chi connectivity index (χ3n) is 1.56. The molecular weight excluding hydrogens is 180 g/mol. The summed E-state index contributed by atoms with van der Waals surface area (Å²) in [4.78, 5) is 4.30. The van der Waals surface area contributed by atoms with Crippen molar-refractivity contribution in [2.75, 3.05) is 0 Å². The second-order valence-corrected chi connectivity index (χ2v) is 9.01. The van der Waals surface area contributed by atoms with Crippen molar-refractivity contribution in [3.8, 4) is 11.5 Å². The Balaban J connectivity index is 4.01. The molecule has 0 saturated carbocycles. The van der Waals surface area contributed by atoms with Crippen molar-refractivity contribution in [1.82, 2.24) is 0 Å². The molecule has 0 radical (unpaired) electrons. The van der Waals surface area contributed by atoms with E-state index in [1.54, 1.807) is 0 Å². The highest BCUT2D eigenvalue weighted by Crippen LogP contribution is 2.04. The first kappa shape index (κ1) is 12.7. The van der Waals surface area contributed by atoms with Crippen LogP contribution < -0.4 is 0 Å². The second-order valence-electron chi connectivity index (χ2n) is 4.26. The molecule has 3 heteroatoms. The van der Waals surface area contributed by atoms with Gasteiger partial charge in [0.25, 0.3) is 0 Å². The Bertz CT molecular complexity index is 185. The van der Waals surface area contributed by atoms with Crippen molar-refractivity contribution in [2.45, 2.75) is 51.9 Å². The molecule has 1 atom stereocenters. The normalized spacial score (nSPS) is 13.3. The van der Waals surface area contributed by atoms with E-state index in [0.717, 1.165) is 19.3 Å². The van der Waals surface area contributed by atoms with Gasteiger partial charge in [-0.2, -0.15) is 0 Å². The predicted molar refractivity (Wildman–Crippen MR) is 58.1 cm³/mol. The molecule has 0 heterocycles. The molecule has 76 valence electrons. The van der Waals surface area contributed by atoms with Crippen LogP contribution in [0.15, 0.2) is 0 Å². The molecule has 0 aromatic rings. The zero-order chi connectivity index (χ0) is 10.3. The van der Waals surface area contributed by atoms with Crippen molar-refractivity contribution >= 4 is 8.07 Å². The lowest BCUT2D eigenvalue weighted by Gasteiger charge is -2.08. The molecule has 1 unspecified atom stereocenters. The van der Waals surface area contributed by atoms with E-state index in [9.17, 15) is 0 Å². The predicted octanol–water partition coefficient (Wildman–Crippen LogP) is 2.92. The average Bonchev–Trinajstić information content (AvgIpc) is 2.03. The summed E-state index contributed by atoms with van der Waals surface area (Å²) in [6.45, 7) is 8.64. The number of rotatable bonds is 4. The van der Waals surface area contributed by atoms with Crippen molar-refractivity contribution in [3.05, 3.63) is 0 Å². The highest BCUT2D eigenvalue weighted by molar-refractivity contribution is 6.83. The van der Waals surface area contributed by atoms with Crippen LogP contribution in [0.3, 0.4) is 0 Å². The van der Waals surface area contributed by atoms with Gasteiger partial charge in [-0.1, -0.05) is 45.3 Å². The van der Waals surface area contributed by atoms with Crippen LogP contribution in [-0.2, 0) is 4.89 Å². The minimum absolute atomic E-state index is 0.285. The van der Waals surface area contributed by atoms with E-state index < -0.39 is 8.07 Å². The largest absolute Gasteiger partial charge is 0.251 e. The summed E-state index contributed by atoms with van der Waals surface area (Å²) in [6.07, 6.45) is 2.69. The Morgan fingerprint density at radius 3 is 2.38 bits per heavy atom. The molecule has 0 bridgehead atoms. The molecule has 0 aliphatic rings. The molecule has 0 fully saturated rings. The van der Waals surface area contributed by atoms with Gasteiger partial charge in [0.15, 0.2) is 6.10 Å². The van der Waals surface area contributed by atoms with Crippen LogP contribution in [-0.4, -0.2) is 19.4 Å². The molecule has 0 aromatic heterocycles. The molecule has 0 amide bonds. The third kappa shape index (κ3) is 8.04. The number of unbranched alkanes of at least 4 members (excludes halogenated alkanes) is 1. The van der Waals surface area contributed by atoms with Crippen LogP contribution in [0.2, 0.25) is 19.6 Å². The molecular formula is C10H20O2Si. The zero-order valence-corrected chi connectivity index (χ0v) is 10.1. The molecule has 0 saturated heterocycles. The van der Waals surface area contributed by atoms with Crippen LogP contribution in [0.25, 0.3) is 0 Å². The van der Waals surface area contributed by atoms with E-state index in [1.165, 1.54) is 0 Å². The van der Waals surface area contributed by atoms with E-state index in [4.69, 9.17) is 5.26 Å². The van der Waals surface area contributed by atoms with Crippen LogP contribution in [0.1, 0.15) is 26.2 Å². The highest BCUT2D eigenvalue weighted by atomic mass is 28.3. The molecule has 2 nitrogen and oxygen atoms in total. The molecule has 1 N–H and O–H groups in total. The van der Waals surface area contributed by atoms with Gasteiger partial charge in [-0.25, -0.2) is 4.89 Å². The van der Waals surface area contributed by atoms with Crippen LogP contribution >= 0.6 is 0 Å². The molecule has 0 aromatic carbocycles. The lowest BCUT2D eigenvalue weighted by Crippen LogP contribution is -2.18. The lowest BCUT2D eigenvalue weighted by atomic mass is 10.2. The summed E-state index contributed by atoms with van der Waals surface area (Å²) in [5, 5.41) is 8.56. The maximum Gasteiger partial charge on any atom is 0.152 e. The summed E-state index contributed by atoms with van der Waals surface area (Å²) < 4.78 is 0. The summed E-state index contributed by atoms with van der Waals surface area (Å²) in [5.41, 5.74) is 3.19. The highest BCUT2D eigenvalue weighted by Gasteiger charge is 2.09. The van der Waals surface area contributed by atoms with Crippen molar-refractivity contribution in [1.29, 1.82) is 0 Å². The zero-order valence-electron chi connectivity index (χ0n) is 9.05. The van der Waals surface area contributed by atoms with Crippen molar-refractivity contribution in [2.24, 2.45) is 0 Å². The summed E-state index contributed by atoms with van der Waals surface area (Å²) in [7, 11) is -1.33. The number of hydrogen-bond donors (Lipinski definition) is 1. The van der Waals surface area contributed by atoms with Gasteiger partial charge in [-0.15, -0.1) is 5.54 Å². The van der Waals surface area contributed by atoms with Crippen molar-refractivity contribution < 1.29 is 10.1 Å². The van der Waals surface area contributed by atoms with Gasteiger partial charge in [-0.3, -0.25) is 5.26 Å². The van der Waals surface area contributed by atoms with Crippen LogP contribution in [0.4, 0.5) is 0 Å². The monoisotopic (exact) mass is 200 g/mol. The van der Waals surface area contributed by atoms with Gasteiger partial charge in [0.05, 0.1) is 0 Å². The molecule has 0 spiro atoms. The fourth-order valence-corrected chi connectivity index (χ4v) is 1.43. The fourth-order valence-electron chi connectivity index (χ4n) is 0.838. The maximum absolute atomic E-state index is 8.56. The van der Waals surface area contributed by atoms with Crippen LogP contribution in [0, 0.1) is 11.5 Å². The second kappa shape index (κ2) is 6.20.